The van der Waals surface area contributed by atoms with Crippen molar-refractivity contribution in [2.45, 2.75) is 31.7 Å². The van der Waals surface area contributed by atoms with Gasteiger partial charge in [-0.05, 0) is 54.2 Å². The van der Waals surface area contributed by atoms with Gasteiger partial charge in [0.2, 0.25) is 0 Å². The van der Waals surface area contributed by atoms with Crippen LogP contribution in [0.25, 0.3) is 0 Å². The summed E-state index contributed by atoms with van der Waals surface area (Å²) in [6.07, 6.45) is 5.39. The van der Waals surface area contributed by atoms with E-state index in [0.29, 0.717) is 0 Å². The van der Waals surface area contributed by atoms with Crippen molar-refractivity contribution in [2.75, 3.05) is 7.05 Å². The maximum Gasteiger partial charge on any atom is 0.0285 e. The number of hydrogen-bond donors (Lipinski definition) is 1. The van der Waals surface area contributed by atoms with E-state index < -0.39 is 0 Å². The lowest BCUT2D eigenvalue weighted by molar-refractivity contribution is 0.426. The molecule has 3 heteroatoms. The van der Waals surface area contributed by atoms with Gasteiger partial charge in [-0.15, -0.1) is 11.3 Å². The minimum atomic E-state index is 0.746. The van der Waals surface area contributed by atoms with Crippen LogP contribution in [0, 0.1) is 5.92 Å². The molecule has 2 atom stereocenters. The van der Waals surface area contributed by atoms with Crippen molar-refractivity contribution in [3.8, 4) is 0 Å². The fraction of sp³-hybridized carbons (Fsp3) is 0.636. The zero-order chi connectivity index (χ0) is 9.97. The molecule has 2 unspecified atom stereocenters. The SMILES string of the molecule is CNC1CCCC1Cc1cc(Br)cs1. The Bertz CT molecular complexity index is 297. The van der Waals surface area contributed by atoms with Crippen LogP contribution in [0.2, 0.25) is 0 Å². The van der Waals surface area contributed by atoms with Gasteiger partial charge in [-0.25, -0.2) is 0 Å². The smallest absolute Gasteiger partial charge is 0.0285 e. The molecule has 1 aliphatic rings. The second-order valence-electron chi connectivity index (χ2n) is 4.02. The van der Waals surface area contributed by atoms with E-state index in [2.05, 4.69) is 39.7 Å². The molecule has 2 rings (SSSR count). The van der Waals surface area contributed by atoms with Gasteiger partial charge in [0.15, 0.2) is 0 Å². The van der Waals surface area contributed by atoms with Crippen LogP contribution < -0.4 is 5.32 Å². The maximum absolute atomic E-state index is 3.51. The van der Waals surface area contributed by atoms with Crippen molar-refractivity contribution in [2.24, 2.45) is 5.92 Å². The van der Waals surface area contributed by atoms with Gasteiger partial charge in [-0.3, -0.25) is 0 Å². The Kier molecular flexibility index (Phi) is 3.63. The van der Waals surface area contributed by atoms with Crippen LogP contribution in [0.1, 0.15) is 24.1 Å². The maximum atomic E-state index is 3.51. The van der Waals surface area contributed by atoms with E-state index in [-0.39, 0.29) is 0 Å². The molecule has 1 heterocycles. The minimum absolute atomic E-state index is 0.746. The summed E-state index contributed by atoms with van der Waals surface area (Å²) in [4.78, 5) is 1.52. The van der Waals surface area contributed by atoms with Crippen molar-refractivity contribution in [3.05, 3.63) is 20.8 Å². The van der Waals surface area contributed by atoms with Crippen LogP contribution >= 0.6 is 27.3 Å². The van der Waals surface area contributed by atoms with Gasteiger partial charge in [-0.2, -0.15) is 0 Å². The molecular weight excluding hydrogens is 258 g/mol. The average Bonchev–Trinajstić information content (AvgIpc) is 2.76. The number of thiophene rings is 1. The highest BCUT2D eigenvalue weighted by Crippen LogP contribution is 2.31. The molecule has 0 saturated heterocycles. The van der Waals surface area contributed by atoms with Crippen LogP contribution in [-0.4, -0.2) is 13.1 Å². The molecule has 0 amide bonds. The second-order valence-corrected chi connectivity index (χ2v) is 5.93. The standard InChI is InChI=1S/C11H16BrNS/c1-13-11-4-2-3-8(11)5-10-6-9(12)7-14-10/h6-8,11,13H,2-5H2,1H3. The van der Waals surface area contributed by atoms with Crippen LogP contribution in [0.5, 0.6) is 0 Å². The third-order valence-corrected chi connectivity index (χ3v) is 4.83. The topological polar surface area (TPSA) is 12.0 Å². The molecule has 1 aromatic heterocycles. The molecular formula is C11H16BrNS. The summed E-state index contributed by atoms with van der Waals surface area (Å²) < 4.78 is 1.23. The predicted molar refractivity (Wildman–Crippen MR) is 65.9 cm³/mol. The molecule has 1 aromatic rings. The summed E-state index contributed by atoms with van der Waals surface area (Å²) in [5, 5.41) is 5.61. The summed E-state index contributed by atoms with van der Waals surface area (Å²) in [6, 6.07) is 3.01. The number of halogens is 1. The normalized spacial score (nSPS) is 27.0. The van der Waals surface area contributed by atoms with Gasteiger partial charge in [-0.1, -0.05) is 6.42 Å². The Morgan fingerprint density at radius 2 is 2.43 bits per heavy atom. The van der Waals surface area contributed by atoms with Crippen LogP contribution in [-0.2, 0) is 6.42 Å². The zero-order valence-electron chi connectivity index (χ0n) is 8.42. The lowest BCUT2D eigenvalue weighted by Gasteiger charge is -2.17. The van der Waals surface area contributed by atoms with E-state index in [4.69, 9.17) is 0 Å². The molecule has 1 N–H and O–H groups in total. The first kappa shape index (κ1) is 10.7. The lowest BCUT2D eigenvalue weighted by Crippen LogP contribution is -2.29. The van der Waals surface area contributed by atoms with Crippen molar-refractivity contribution in [1.29, 1.82) is 0 Å². The molecule has 1 nitrogen and oxygen atoms in total. The van der Waals surface area contributed by atoms with Gasteiger partial charge >= 0.3 is 0 Å². The Morgan fingerprint density at radius 3 is 3.07 bits per heavy atom. The highest BCUT2D eigenvalue weighted by molar-refractivity contribution is 9.10. The monoisotopic (exact) mass is 273 g/mol. The first-order valence-corrected chi connectivity index (χ1v) is 6.87. The summed E-state index contributed by atoms with van der Waals surface area (Å²) in [6.45, 7) is 0. The van der Waals surface area contributed by atoms with Crippen molar-refractivity contribution in [1.82, 2.24) is 5.32 Å². The van der Waals surface area contributed by atoms with E-state index in [0.717, 1.165) is 12.0 Å². The molecule has 14 heavy (non-hydrogen) atoms. The summed E-state index contributed by atoms with van der Waals surface area (Å²) in [7, 11) is 2.09. The molecule has 1 saturated carbocycles. The largest absolute Gasteiger partial charge is 0.317 e. The number of rotatable bonds is 3. The average molecular weight is 274 g/mol. The molecule has 0 radical (unpaired) electrons. The molecule has 0 spiro atoms. The summed E-state index contributed by atoms with van der Waals surface area (Å²) >= 11 is 5.38. The van der Waals surface area contributed by atoms with Crippen molar-refractivity contribution in [3.63, 3.8) is 0 Å². The Balaban J connectivity index is 1.96. The van der Waals surface area contributed by atoms with Gasteiger partial charge in [0, 0.05) is 20.8 Å². The van der Waals surface area contributed by atoms with E-state index in [1.165, 1.54) is 35.0 Å². The van der Waals surface area contributed by atoms with Gasteiger partial charge in [0.1, 0.15) is 0 Å². The minimum Gasteiger partial charge on any atom is -0.317 e. The Labute approximate surface area is 98.0 Å². The molecule has 1 aliphatic carbocycles. The van der Waals surface area contributed by atoms with Gasteiger partial charge in [0.25, 0.3) is 0 Å². The third-order valence-electron chi connectivity index (χ3n) is 3.12. The molecule has 0 aliphatic heterocycles. The molecule has 78 valence electrons. The van der Waals surface area contributed by atoms with Gasteiger partial charge < -0.3 is 5.32 Å². The highest BCUT2D eigenvalue weighted by Gasteiger charge is 2.26. The molecule has 0 bridgehead atoms. The van der Waals surface area contributed by atoms with Crippen molar-refractivity contribution >= 4 is 27.3 Å². The first-order chi connectivity index (χ1) is 6.79. The quantitative estimate of drug-likeness (QED) is 0.890. The number of nitrogens with one attached hydrogen (secondary N) is 1. The number of hydrogen-bond acceptors (Lipinski definition) is 2. The fourth-order valence-electron chi connectivity index (χ4n) is 2.38. The predicted octanol–water partition coefficient (Wildman–Crippen LogP) is 3.44. The van der Waals surface area contributed by atoms with E-state index in [9.17, 15) is 0 Å². The second kappa shape index (κ2) is 4.77. The zero-order valence-corrected chi connectivity index (χ0v) is 10.8. The van der Waals surface area contributed by atoms with Gasteiger partial charge in [0.05, 0.1) is 0 Å². The van der Waals surface area contributed by atoms with Crippen LogP contribution in [0.15, 0.2) is 15.9 Å². The van der Waals surface area contributed by atoms with Crippen LogP contribution in [0.3, 0.4) is 0 Å². The Hall–Kier alpha value is 0.140. The third kappa shape index (κ3) is 2.38. The summed E-state index contributed by atoms with van der Waals surface area (Å²) in [5.41, 5.74) is 0. The first-order valence-electron chi connectivity index (χ1n) is 5.20. The lowest BCUT2D eigenvalue weighted by atomic mass is 9.99. The van der Waals surface area contributed by atoms with E-state index in [1.807, 2.05) is 11.3 Å². The van der Waals surface area contributed by atoms with E-state index >= 15 is 0 Å². The molecule has 1 fully saturated rings. The van der Waals surface area contributed by atoms with E-state index in [1.54, 1.807) is 0 Å². The fourth-order valence-corrected chi connectivity index (χ4v) is 3.93. The highest BCUT2D eigenvalue weighted by atomic mass is 79.9. The Morgan fingerprint density at radius 1 is 1.57 bits per heavy atom. The summed E-state index contributed by atoms with van der Waals surface area (Å²) in [5.74, 6) is 0.852. The molecule has 0 aromatic carbocycles. The van der Waals surface area contributed by atoms with Crippen molar-refractivity contribution < 1.29 is 0 Å². The van der Waals surface area contributed by atoms with Crippen LogP contribution in [0.4, 0.5) is 0 Å².